The molecule has 0 aliphatic carbocycles. The molecular weight excluding hydrogens is 280 g/mol. The zero-order valence-corrected chi connectivity index (χ0v) is 12.4. The van der Waals surface area contributed by atoms with Gasteiger partial charge in [-0.2, -0.15) is 5.10 Å². The Balaban J connectivity index is 1.48. The van der Waals surface area contributed by atoms with Crippen molar-refractivity contribution in [3.05, 3.63) is 36.0 Å². The van der Waals surface area contributed by atoms with E-state index in [0.717, 1.165) is 26.2 Å². The minimum atomic E-state index is -0.0191. The molecule has 2 N–H and O–H groups in total. The van der Waals surface area contributed by atoms with Gasteiger partial charge in [0.25, 0.3) is 5.91 Å². The first-order valence-corrected chi connectivity index (χ1v) is 7.38. The van der Waals surface area contributed by atoms with Crippen LogP contribution < -0.4 is 0 Å². The summed E-state index contributed by atoms with van der Waals surface area (Å²) >= 11 is 0. The predicted octanol–water partition coefficient (Wildman–Crippen LogP) is 1.17. The number of carbonyl (C=O) groups excluding carboxylic acids is 1. The van der Waals surface area contributed by atoms with Crippen molar-refractivity contribution < 1.29 is 9.90 Å². The molecule has 0 radical (unpaired) electrons. The minimum Gasteiger partial charge on any atom is -0.507 e. The monoisotopic (exact) mass is 298 g/mol. The highest BCUT2D eigenvalue weighted by molar-refractivity contribution is 5.94. The molecule has 1 aromatic carbocycles. The zero-order chi connectivity index (χ0) is 15.3. The van der Waals surface area contributed by atoms with E-state index in [-0.39, 0.29) is 11.7 Å². The van der Waals surface area contributed by atoms with Gasteiger partial charge in [0, 0.05) is 37.2 Å². The van der Waals surface area contributed by atoms with Crippen LogP contribution in [0.25, 0.3) is 11.3 Å². The first kappa shape index (κ1) is 13.3. The Bertz CT molecular complexity index is 725. The molecule has 6 nitrogen and oxygen atoms in total. The summed E-state index contributed by atoms with van der Waals surface area (Å²) in [5.41, 5.74) is 2.00. The Morgan fingerprint density at radius 2 is 2.00 bits per heavy atom. The van der Waals surface area contributed by atoms with Crippen LogP contribution in [0.1, 0.15) is 10.5 Å². The lowest BCUT2D eigenvalue weighted by Gasteiger charge is -2.59. The van der Waals surface area contributed by atoms with E-state index in [2.05, 4.69) is 22.1 Å². The number of amides is 1. The maximum atomic E-state index is 12.4. The number of nitrogens with one attached hydrogen (secondary N) is 1. The van der Waals surface area contributed by atoms with E-state index in [1.165, 1.54) is 0 Å². The van der Waals surface area contributed by atoms with Crippen molar-refractivity contribution in [2.24, 2.45) is 5.41 Å². The van der Waals surface area contributed by atoms with Crippen molar-refractivity contribution in [3.8, 4) is 17.0 Å². The average Bonchev–Trinajstić information content (AvgIpc) is 2.90. The van der Waals surface area contributed by atoms with E-state index >= 15 is 0 Å². The second-order valence-corrected chi connectivity index (χ2v) is 6.52. The summed E-state index contributed by atoms with van der Waals surface area (Å²) in [7, 11) is 2.10. The molecule has 2 aliphatic rings. The summed E-state index contributed by atoms with van der Waals surface area (Å²) in [5, 5.41) is 16.8. The number of aromatic hydroxyl groups is 1. The molecule has 1 amide bonds. The molecule has 1 spiro atoms. The number of para-hydroxylation sites is 1. The molecule has 114 valence electrons. The van der Waals surface area contributed by atoms with Crippen molar-refractivity contribution in [1.82, 2.24) is 20.0 Å². The third-order valence-electron chi connectivity index (χ3n) is 4.54. The molecule has 4 rings (SSSR count). The van der Waals surface area contributed by atoms with Gasteiger partial charge in [-0.25, -0.2) is 0 Å². The van der Waals surface area contributed by atoms with Crippen LogP contribution in [0.2, 0.25) is 0 Å². The number of rotatable bonds is 2. The van der Waals surface area contributed by atoms with Gasteiger partial charge in [-0.3, -0.25) is 9.89 Å². The maximum Gasteiger partial charge on any atom is 0.271 e. The van der Waals surface area contributed by atoms with Gasteiger partial charge in [0.05, 0.1) is 5.69 Å². The van der Waals surface area contributed by atoms with Gasteiger partial charge in [-0.15, -0.1) is 0 Å². The quantitative estimate of drug-likeness (QED) is 0.873. The Morgan fingerprint density at radius 1 is 1.27 bits per heavy atom. The van der Waals surface area contributed by atoms with E-state index in [1.807, 2.05) is 11.0 Å². The van der Waals surface area contributed by atoms with E-state index < -0.39 is 0 Å². The van der Waals surface area contributed by atoms with Gasteiger partial charge in [0.1, 0.15) is 11.4 Å². The number of carbonyl (C=O) groups is 1. The largest absolute Gasteiger partial charge is 0.507 e. The Morgan fingerprint density at radius 3 is 2.68 bits per heavy atom. The number of hydrogen-bond acceptors (Lipinski definition) is 4. The molecule has 6 heteroatoms. The molecular formula is C16H18N4O2. The summed E-state index contributed by atoms with van der Waals surface area (Å²) in [4.78, 5) is 16.6. The topological polar surface area (TPSA) is 72.5 Å². The van der Waals surface area contributed by atoms with Crippen LogP contribution >= 0.6 is 0 Å². The fraction of sp³-hybridized carbons (Fsp3) is 0.375. The molecule has 2 saturated heterocycles. The molecule has 2 aromatic rings. The number of H-pyrrole nitrogens is 1. The summed E-state index contributed by atoms with van der Waals surface area (Å²) in [6.45, 7) is 3.79. The fourth-order valence-corrected chi connectivity index (χ4v) is 3.64. The molecule has 2 fully saturated rings. The molecule has 3 heterocycles. The van der Waals surface area contributed by atoms with Crippen LogP contribution in [0, 0.1) is 5.41 Å². The van der Waals surface area contributed by atoms with Crippen LogP contribution in [0.15, 0.2) is 30.3 Å². The van der Waals surface area contributed by atoms with Crippen LogP contribution in [0.5, 0.6) is 5.75 Å². The number of likely N-dealkylation sites (tertiary alicyclic amines) is 2. The number of phenols is 1. The molecule has 0 saturated carbocycles. The smallest absolute Gasteiger partial charge is 0.271 e. The van der Waals surface area contributed by atoms with Crippen molar-refractivity contribution in [1.29, 1.82) is 0 Å². The van der Waals surface area contributed by atoms with E-state index in [0.29, 0.717) is 22.4 Å². The number of benzene rings is 1. The minimum absolute atomic E-state index is 0.0191. The third kappa shape index (κ3) is 1.99. The number of hydrogen-bond donors (Lipinski definition) is 2. The van der Waals surface area contributed by atoms with Gasteiger partial charge in [0.2, 0.25) is 0 Å². The van der Waals surface area contributed by atoms with Gasteiger partial charge >= 0.3 is 0 Å². The highest BCUT2D eigenvalue weighted by atomic mass is 16.3. The number of aromatic amines is 1. The third-order valence-corrected chi connectivity index (χ3v) is 4.54. The summed E-state index contributed by atoms with van der Waals surface area (Å²) in [6.07, 6.45) is 0. The van der Waals surface area contributed by atoms with E-state index in [9.17, 15) is 9.90 Å². The van der Waals surface area contributed by atoms with Crippen LogP contribution in [0.3, 0.4) is 0 Å². The molecule has 0 bridgehead atoms. The van der Waals surface area contributed by atoms with E-state index in [4.69, 9.17) is 0 Å². The molecule has 0 atom stereocenters. The van der Waals surface area contributed by atoms with Crippen molar-refractivity contribution in [3.63, 3.8) is 0 Å². The second-order valence-electron chi connectivity index (χ2n) is 6.52. The van der Waals surface area contributed by atoms with Crippen LogP contribution in [-0.2, 0) is 0 Å². The van der Waals surface area contributed by atoms with Gasteiger partial charge in [-0.05, 0) is 25.2 Å². The average molecular weight is 298 g/mol. The standard InChI is InChI=1S/C16H18N4O2/c1-19-7-16(8-19)9-20(10-16)15(22)13-6-12(17-18-13)11-4-2-3-5-14(11)21/h2-6,21H,7-10H2,1H3,(H,17,18). The molecule has 22 heavy (non-hydrogen) atoms. The Hall–Kier alpha value is -2.34. The predicted molar refractivity (Wildman–Crippen MR) is 81.5 cm³/mol. The van der Waals surface area contributed by atoms with Crippen LogP contribution in [-0.4, -0.2) is 64.2 Å². The first-order valence-electron chi connectivity index (χ1n) is 7.38. The van der Waals surface area contributed by atoms with Crippen molar-refractivity contribution >= 4 is 5.91 Å². The zero-order valence-electron chi connectivity index (χ0n) is 12.4. The first-order chi connectivity index (χ1) is 10.6. The number of phenolic OH excluding ortho intramolecular Hbond substituents is 1. The lowest BCUT2D eigenvalue weighted by molar-refractivity contribution is -0.0873. The van der Waals surface area contributed by atoms with Crippen LogP contribution in [0.4, 0.5) is 0 Å². The highest BCUT2D eigenvalue weighted by Gasteiger charge is 2.52. The van der Waals surface area contributed by atoms with Crippen molar-refractivity contribution in [2.45, 2.75) is 0 Å². The number of aromatic nitrogens is 2. The second kappa shape index (κ2) is 4.58. The Kier molecular flexibility index (Phi) is 2.77. The van der Waals surface area contributed by atoms with E-state index in [1.54, 1.807) is 24.3 Å². The highest BCUT2D eigenvalue weighted by Crippen LogP contribution is 2.39. The van der Waals surface area contributed by atoms with Gasteiger partial charge < -0.3 is 14.9 Å². The van der Waals surface area contributed by atoms with Crippen molar-refractivity contribution in [2.75, 3.05) is 33.2 Å². The molecule has 2 aliphatic heterocycles. The summed E-state index contributed by atoms with van der Waals surface area (Å²) in [5.74, 6) is 0.141. The molecule has 1 aromatic heterocycles. The van der Waals surface area contributed by atoms with Gasteiger partial charge in [0.15, 0.2) is 0 Å². The fourth-order valence-electron chi connectivity index (χ4n) is 3.64. The number of nitrogens with zero attached hydrogens (tertiary/aromatic N) is 3. The lowest BCUT2D eigenvalue weighted by Crippen LogP contribution is -2.72. The summed E-state index contributed by atoms with van der Waals surface area (Å²) < 4.78 is 0. The lowest BCUT2D eigenvalue weighted by atomic mass is 9.73. The van der Waals surface area contributed by atoms with Gasteiger partial charge in [-0.1, -0.05) is 12.1 Å². The summed E-state index contributed by atoms with van der Waals surface area (Å²) in [6, 6.07) is 8.68. The SMILES string of the molecule is CN1CC2(C1)CN(C(=O)c1cc(-c3ccccc3O)n[nH]1)C2. The Labute approximate surface area is 128 Å². The molecule has 0 unspecified atom stereocenters. The normalized spacial score (nSPS) is 19.8. The maximum absolute atomic E-state index is 12.4.